The molecule has 0 aliphatic carbocycles. The van der Waals surface area contributed by atoms with Crippen LogP contribution in [0.5, 0.6) is 0 Å². The van der Waals surface area contributed by atoms with Gasteiger partial charge in [0.1, 0.15) is 0 Å². The van der Waals surface area contributed by atoms with Crippen molar-refractivity contribution in [1.29, 1.82) is 0 Å². The zero-order valence-electron chi connectivity index (χ0n) is 7.99. The first-order chi connectivity index (χ1) is 6.33. The molecule has 0 aromatic rings. The zero-order chi connectivity index (χ0) is 11.2. The largest absolute Gasteiger partial charge is 0.616 e. The summed E-state index contributed by atoms with van der Waals surface area (Å²) in [6.45, 7) is 4.87. The molecule has 0 fully saturated rings. The van der Waals surface area contributed by atoms with Crippen molar-refractivity contribution in [2.45, 2.75) is 25.8 Å². The maximum atomic E-state index is 11.8. The van der Waals surface area contributed by atoms with Gasteiger partial charge in [0.05, 0.1) is 6.61 Å². The van der Waals surface area contributed by atoms with Crippen molar-refractivity contribution in [2.75, 3.05) is 6.61 Å². The van der Waals surface area contributed by atoms with Crippen LogP contribution in [0.3, 0.4) is 0 Å². The number of hydrogen-bond donors (Lipinski definition) is 0. The first kappa shape index (κ1) is 13.2. The number of ether oxygens (including phenoxy) is 1. The van der Waals surface area contributed by atoms with Gasteiger partial charge in [0, 0.05) is 11.6 Å². The summed E-state index contributed by atoms with van der Waals surface area (Å²) in [6, 6.07) is -0.697. The molecule has 0 aliphatic heterocycles. The van der Waals surface area contributed by atoms with Crippen molar-refractivity contribution in [3.63, 3.8) is 0 Å². The number of carbonyl (C=O) groups excluding carboxylic acids is 1. The molecule has 0 amide bonds. The molecule has 0 saturated heterocycles. The minimum absolute atomic E-state index is 0.0379. The molecular formula is C8H13F3O2Si. The van der Waals surface area contributed by atoms with Crippen LogP contribution in [0.2, 0.25) is 6.04 Å². The van der Waals surface area contributed by atoms with Crippen LogP contribution < -0.4 is 0 Å². The Morgan fingerprint density at radius 2 is 1.93 bits per heavy atom. The van der Waals surface area contributed by atoms with Gasteiger partial charge in [0.25, 0.3) is 0 Å². The van der Waals surface area contributed by atoms with Gasteiger partial charge < -0.3 is 4.74 Å². The molecule has 0 saturated carbocycles. The van der Waals surface area contributed by atoms with Gasteiger partial charge in [-0.1, -0.05) is 6.58 Å². The summed E-state index contributed by atoms with van der Waals surface area (Å²) >= 11 is 0. The molecule has 0 rings (SSSR count). The van der Waals surface area contributed by atoms with Gasteiger partial charge in [-0.3, -0.25) is 0 Å². The zero-order valence-corrected chi connectivity index (χ0v) is 8.99. The first-order valence-electron chi connectivity index (χ1n) is 4.22. The van der Waals surface area contributed by atoms with Crippen LogP contribution in [-0.2, 0) is 9.53 Å². The molecule has 6 heteroatoms. The topological polar surface area (TPSA) is 26.3 Å². The number of rotatable bonds is 6. The average Bonchev–Trinajstić information content (AvgIpc) is 2.01. The van der Waals surface area contributed by atoms with Gasteiger partial charge in [0.2, 0.25) is 0 Å². The fourth-order valence-electron chi connectivity index (χ4n) is 0.716. The fraction of sp³-hybridized carbons (Fsp3) is 0.625. The highest BCUT2D eigenvalue weighted by Gasteiger charge is 2.35. The predicted molar refractivity (Wildman–Crippen MR) is 48.9 cm³/mol. The van der Waals surface area contributed by atoms with Crippen LogP contribution in [0.1, 0.15) is 19.8 Å². The van der Waals surface area contributed by atoms with E-state index in [0.29, 0.717) is 0 Å². The standard InChI is InChI=1S/C8H13F3O2Si/c1-7(2)8(12)13-5-3-4-6-14(9,10)11/h1,3-6H2,2H3. The Morgan fingerprint density at radius 1 is 1.36 bits per heavy atom. The van der Waals surface area contributed by atoms with E-state index in [4.69, 9.17) is 0 Å². The fourth-order valence-corrected chi connectivity index (χ4v) is 1.37. The smallest absolute Gasteiger partial charge is 0.462 e. The molecule has 0 aromatic carbocycles. The van der Waals surface area contributed by atoms with Gasteiger partial charge in [-0.05, 0) is 19.8 Å². The van der Waals surface area contributed by atoms with E-state index in [-0.39, 0.29) is 25.0 Å². The SMILES string of the molecule is C=C(C)C(=O)OCCCC[Si](F)(F)F. The highest BCUT2D eigenvalue weighted by atomic mass is 28.5. The maximum Gasteiger partial charge on any atom is 0.616 e. The van der Waals surface area contributed by atoms with Crippen LogP contribution in [0.15, 0.2) is 12.2 Å². The molecule has 0 N–H and O–H groups in total. The van der Waals surface area contributed by atoms with Gasteiger partial charge in [0.15, 0.2) is 0 Å². The van der Waals surface area contributed by atoms with Crippen molar-refractivity contribution < 1.29 is 21.9 Å². The molecule has 82 valence electrons. The third kappa shape index (κ3) is 7.84. The van der Waals surface area contributed by atoms with E-state index in [1.807, 2.05) is 0 Å². The van der Waals surface area contributed by atoms with Gasteiger partial charge in [-0.25, -0.2) is 17.1 Å². The van der Waals surface area contributed by atoms with E-state index in [1.54, 1.807) is 0 Å². The molecule has 14 heavy (non-hydrogen) atoms. The molecule has 0 aromatic heterocycles. The lowest BCUT2D eigenvalue weighted by molar-refractivity contribution is -0.139. The first-order valence-corrected chi connectivity index (χ1v) is 6.06. The molecule has 0 unspecified atom stereocenters. The second-order valence-corrected chi connectivity index (χ2v) is 4.72. The van der Waals surface area contributed by atoms with E-state index >= 15 is 0 Å². The molecule has 0 heterocycles. The molecule has 2 nitrogen and oxygen atoms in total. The lowest BCUT2D eigenvalue weighted by Crippen LogP contribution is -2.14. The summed E-state index contributed by atoms with van der Waals surface area (Å²) in [5.41, 5.74) is 0.259. The van der Waals surface area contributed by atoms with Crippen molar-refractivity contribution in [1.82, 2.24) is 0 Å². The van der Waals surface area contributed by atoms with Gasteiger partial charge in [-0.2, -0.15) is 0 Å². The van der Waals surface area contributed by atoms with Crippen LogP contribution in [-0.4, -0.2) is 21.7 Å². The molecule has 0 spiro atoms. The number of unbranched alkanes of at least 4 members (excludes halogenated alkanes) is 1. The highest BCUT2D eigenvalue weighted by molar-refractivity contribution is 6.58. The highest BCUT2D eigenvalue weighted by Crippen LogP contribution is 2.17. The average molecular weight is 226 g/mol. The minimum Gasteiger partial charge on any atom is -0.462 e. The molecule has 0 radical (unpaired) electrons. The van der Waals surface area contributed by atoms with Crippen LogP contribution in [0.4, 0.5) is 12.3 Å². The van der Waals surface area contributed by atoms with Crippen molar-refractivity contribution in [3.8, 4) is 0 Å². The third-order valence-electron chi connectivity index (χ3n) is 1.44. The van der Waals surface area contributed by atoms with Crippen molar-refractivity contribution in [2.24, 2.45) is 0 Å². The Hall–Kier alpha value is -0.783. The number of halogens is 3. The van der Waals surface area contributed by atoms with E-state index in [1.165, 1.54) is 6.92 Å². The number of carbonyl (C=O) groups is 1. The lowest BCUT2D eigenvalue weighted by Gasteiger charge is -2.04. The summed E-state index contributed by atoms with van der Waals surface area (Å²) in [5.74, 6) is -0.547. The molecular weight excluding hydrogens is 213 g/mol. The maximum absolute atomic E-state index is 11.8. The Kier molecular flexibility index (Phi) is 5.52. The van der Waals surface area contributed by atoms with Crippen LogP contribution in [0, 0.1) is 0 Å². The minimum atomic E-state index is -5.41. The summed E-state index contributed by atoms with van der Waals surface area (Å²) in [6.07, 6.45) is 0.296. The second-order valence-electron chi connectivity index (χ2n) is 2.99. The van der Waals surface area contributed by atoms with Crippen LogP contribution in [0.25, 0.3) is 0 Å². The van der Waals surface area contributed by atoms with Crippen molar-refractivity contribution >= 4 is 15.0 Å². The predicted octanol–water partition coefficient (Wildman–Crippen LogP) is 2.73. The molecule has 0 atom stereocenters. The monoisotopic (exact) mass is 226 g/mol. The quantitative estimate of drug-likeness (QED) is 0.229. The summed E-state index contributed by atoms with van der Waals surface area (Å²) in [5, 5.41) is 0. The molecule has 0 aliphatic rings. The summed E-state index contributed by atoms with van der Waals surface area (Å²) in [4.78, 5) is 10.8. The normalized spacial score (nSPS) is 11.1. The Balaban J connectivity index is 3.39. The number of hydrogen-bond acceptors (Lipinski definition) is 2. The van der Waals surface area contributed by atoms with E-state index in [2.05, 4.69) is 11.3 Å². The third-order valence-corrected chi connectivity index (χ3v) is 2.36. The van der Waals surface area contributed by atoms with Gasteiger partial charge in [-0.15, -0.1) is 0 Å². The van der Waals surface area contributed by atoms with Gasteiger partial charge >= 0.3 is 15.0 Å². The Bertz CT molecular complexity index is 213. The number of esters is 1. The van der Waals surface area contributed by atoms with Crippen molar-refractivity contribution in [3.05, 3.63) is 12.2 Å². The van der Waals surface area contributed by atoms with E-state index in [0.717, 1.165) is 0 Å². The Morgan fingerprint density at radius 3 is 2.36 bits per heavy atom. The Labute approximate surface area is 82.3 Å². The second kappa shape index (κ2) is 5.84. The van der Waals surface area contributed by atoms with E-state index < -0.39 is 21.1 Å². The lowest BCUT2D eigenvalue weighted by atomic mass is 10.3. The summed E-state index contributed by atoms with van der Waals surface area (Å²) in [7, 11) is -5.41. The molecule has 0 bridgehead atoms. The van der Waals surface area contributed by atoms with Crippen LogP contribution >= 0.6 is 0 Å². The van der Waals surface area contributed by atoms with E-state index in [9.17, 15) is 17.1 Å². The summed E-state index contributed by atoms with van der Waals surface area (Å²) < 4.78 is 40.0.